The van der Waals surface area contributed by atoms with Crippen molar-refractivity contribution in [3.63, 3.8) is 0 Å². The van der Waals surface area contributed by atoms with Crippen molar-refractivity contribution in [1.82, 2.24) is 0 Å². The fourth-order valence-corrected chi connectivity index (χ4v) is 1.61. The first-order valence-electron chi connectivity index (χ1n) is 5.11. The van der Waals surface area contributed by atoms with E-state index in [1.54, 1.807) is 5.32 Å². The van der Waals surface area contributed by atoms with Gasteiger partial charge in [-0.05, 0) is 17.7 Å². The van der Waals surface area contributed by atoms with Crippen LogP contribution in [0.4, 0.5) is 36.8 Å². The number of halogens is 6. The van der Waals surface area contributed by atoms with Crippen LogP contribution < -0.4 is 5.32 Å². The van der Waals surface area contributed by atoms with Gasteiger partial charge in [0.2, 0.25) is 0 Å². The number of anilines is 1. The number of amides is 1. The highest BCUT2D eigenvalue weighted by atomic mass is 19.4. The summed E-state index contributed by atoms with van der Waals surface area (Å²) < 4.78 is 76.9. The van der Waals surface area contributed by atoms with Crippen LogP contribution >= 0.6 is 0 Å². The third-order valence-electron chi connectivity index (χ3n) is 2.59. The topological polar surface area (TPSA) is 73.1 Å². The Kier molecular flexibility index (Phi) is 4.08. The van der Waals surface area contributed by atoms with E-state index >= 15 is 0 Å². The monoisotopic (exact) mass is 312 g/mol. The lowest BCUT2D eigenvalue weighted by Crippen LogP contribution is -2.52. The van der Waals surface area contributed by atoms with Gasteiger partial charge in [-0.3, -0.25) is 5.32 Å². The van der Waals surface area contributed by atoms with Gasteiger partial charge in [-0.25, -0.2) is 4.79 Å². The maximum absolute atomic E-state index is 12.8. The highest BCUT2D eigenvalue weighted by Crippen LogP contribution is 2.51. The van der Waals surface area contributed by atoms with E-state index in [1.165, 1.54) is 0 Å². The lowest BCUT2D eigenvalue weighted by atomic mass is 9.80. The first-order valence-corrected chi connectivity index (χ1v) is 5.11. The third-order valence-corrected chi connectivity index (χ3v) is 2.59. The highest BCUT2D eigenvalue weighted by Gasteiger charge is 2.72. The molecule has 0 bridgehead atoms. The van der Waals surface area contributed by atoms with E-state index in [1.807, 2.05) is 0 Å². The molecule has 0 heterocycles. The van der Waals surface area contributed by atoms with E-state index in [2.05, 4.69) is 0 Å². The van der Waals surface area contributed by atoms with Gasteiger partial charge in [0, 0.05) is 5.69 Å². The molecule has 1 rings (SSSR count). The molecule has 1 aromatic carbocycles. The fraction of sp³-hybridized carbons (Fsp3) is 0.273. The van der Waals surface area contributed by atoms with Crippen LogP contribution in [0.15, 0.2) is 24.3 Å². The van der Waals surface area contributed by atoms with Gasteiger partial charge < -0.3 is 5.11 Å². The van der Waals surface area contributed by atoms with Crippen LogP contribution in [0.3, 0.4) is 0 Å². The number of alkyl halides is 6. The Morgan fingerprint density at radius 3 is 1.76 bits per heavy atom. The molecule has 21 heavy (non-hydrogen) atoms. The standard InChI is InChI=1S/C11H6F6N2O2/c12-10(13,14)9(5-18,11(15,16)17)6-1-3-7(4-2-6)19-8(20)21/h1-4,19H,(H,20,21). The Labute approximate surface area is 113 Å². The molecule has 0 unspecified atom stereocenters. The molecule has 0 aliphatic carbocycles. The van der Waals surface area contributed by atoms with Crippen molar-refractivity contribution in [2.45, 2.75) is 17.8 Å². The van der Waals surface area contributed by atoms with Crippen LogP contribution in [-0.2, 0) is 5.41 Å². The van der Waals surface area contributed by atoms with Crippen LogP contribution in [0.5, 0.6) is 0 Å². The van der Waals surface area contributed by atoms with Crippen molar-refractivity contribution < 1.29 is 36.2 Å². The molecule has 0 fully saturated rings. The van der Waals surface area contributed by atoms with Crippen molar-refractivity contribution in [2.75, 3.05) is 5.32 Å². The first kappa shape index (κ1) is 16.6. The number of nitrogens with one attached hydrogen (secondary N) is 1. The summed E-state index contributed by atoms with van der Waals surface area (Å²) in [6, 6.07) is 2.48. The number of benzene rings is 1. The summed E-state index contributed by atoms with van der Waals surface area (Å²) in [7, 11) is 0. The van der Waals surface area contributed by atoms with Crippen LogP contribution in [0.25, 0.3) is 0 Å². The average molecular weight is 312 g/mol. The predicted molar refractivity (Wildman–Crippen MR) is 57.5 cm³/mol. The molecule has 1 aromatic rings. The summed E-state index contributed by atoms with van der Waals surface area (Å²) in [5.41, 5.74) is -6.26. The number of rotatable bonds is 2. The molecule has 0 aliphatic rings. The molecule has 1 amide bonds. The Hall–Kier alpha value is -2.44. The molecule has 0 saturated heterocycles. The SMILES string of the molecule is N#CC(c1ccc(NC(=O)O)cc1)(C(F)(F)F)C(F)(F)F. The van der Waals surface area contributed by atoms with E-state index < -0.39 is 29.4 Å². The molecule has 0 radical (unpaired) electrons. The van der Waals surface area contributed by atoms with Gasteiger partial charge in [0.25, 0.3) is 5.41 Å². The van der Waals surface area contributed by atoms with Gasteiger partial charge in [-0.15, -0.1) is 0 Å². The van der Waals surface area contributed by atoms with Crippen molar-refractivity contribution in [3.05, 3.63) is 29.8 Å². The van der Waals surface area contributed by atoms with E-state index in [-0.39, 0.29) is 11.8 Å². The number of nitrogens with zero attached hydrogens (tertiary/aromatic N) is 1. The number of carboxylic acid groups (broad SMARTS) is 1. The summed E-state index contributed by atoms with van der Waals surface area (Å²) in [5, 5.41) is 18.6. The van der Waals surface area contributed by atoms with Crippen LogP contribution in [0.1, 0.15) is 5.56 Å². The third kappa shape index (κ3) is 2.86. The minimum absolute atomic E-state index is 0.234. The van der Waals surface area contributed by atoms with Crippen molar-refractivity contribution in [2.24, 2.45) is 0 Å². The smallest absolute Gasteiger partial charge is 0.420 e. The lowest BCUT2D eigenvalue weighted by molar-refractivity contribution is -0.283. The average Bonchev–Trinajstić information content (AvgIpc) is 2.28. The molecular formula is C11H6F6N2O2. The second-order valence-electron chi connectivity index (χ2n) is 3.86. The normalized spacial score (nSPS) is 12.6. The van der Waals surface area contributed by atoms with Gasteiger partial charge >= 0.3 is 18.4 Å². The van der Waals surface area contributed by atoms with E-state index in [0.717, 1.165) is 0 Å². The van der Waals surface area contributed by atoms with E-state index in [0.29, 0.717) is 24.3 Å². The maximum atomic E-state index is 12.8. The van der Waals surface area contributed by atoms with Gasteiger partial charge in [-0.1, -0.05) is 12.1 Å². The number of hydrogen-bond donors (Lipinski definition) is 2. The highest BCUT2D eigenvalue weighted by molar-refractivity contribution is 5.82. The predicted octanol–water partition coefficient (Wildman–Crippen LogP) is 3.66. The molecule has 0 saturated carbocycles. The van der Waals surface area contributed by atoms with E-state index in [9.17, 15) is 31.1 Å². The Balaban J connectivity index is 3.43. The van der Waals surface area contributed by atoms with Crippen LogP contribution in [-0.4, -0.2) is 23.6 Å². The van der Waals surface area contributed by atoms with Gasteiger partial charge in [-0.2, -0.15) is 31.6 Å². The summed E-state index contributed by atoms with van der Waals surface area (Å²) in [4.78, 5) is 10.3. The molecule has 2 N–H and O–H groups in total. The molecule has 0 spiro atoms. The minimum atomic E-state index is -5.89. The molecule has 114 valence electrons. The minimum Gasteiger partial charge on any atom is -0.465 e. The Bertz CT molecular complexity index is 556. The van der Waals surface area contributed by atoms with Crippen molar-refractivity contribution >= 4 is 11.8 Å². The number of carbonyl (C=O) groups is 1. The fourth-order valence-electron chi connectivity index (χ4n) is 1.61. The zero-order chi connectivity index (χ0) is 16.5. The largest absolute Gasteiger partial charge is 0.465 e. The van der Waals surface area contributed by atoms with Gasteiger partial charge in [0.05, 0.1) is 6.07 Å². The molecule has 4 nitrogen and oxygen atoms in total. The van der Waals surface area contributed by atoms with Crippen molar-refractivity contribution in [3.8, 4) is 6.07 Å². The van der Waals surface area contributed by atoms with Crippen molar-refractivity contribution in [1.29, 1.82) is 5.26 Å². The second-order valence-corrected chi connectivity index (χ2v) is 3.86. The Morgan fingerprint density at radius 2 is 1.48 bits per heavy atom. The zero-order valence-corrected chi connectivity index (χ0v) is 9.88. The Morgan fingerprint density at radius 1 is 1.05 bits per heavy atom. The van der Waals surface area contributed by atoms with Gasteiger partial charge in [0.1, 0.15) is 0 Å². The van der Waals surface area contributed by atoms with E-state index in [4.69, 9.17) is 10.4 Å². The number of hydrogen-bond acceptors (Lipinski definition) is 2. The lowest BCUT2D eigenvalue weighted by Gasteiger charge is -2.31. The first-order chi connectivity index (χ1) is 9.45. The summed E-state index contributed by atoms with van der Waals surface area (Å²) in [6.45, 7) is 0. The summed E-state index contributed by atoms with van der Waals surface area (Å²) in [5.74, 6) is 0. The molecular weight excluding hydrogens is 306 g/mol. The van der Waals surface area contributed by atoms with Crippen LogP contribution in [0.2, 0.25) is 0 Å². The zero-order valence-electron chi connectivity index (χ0n) is 9.88. The van der Waals surface area contributed by atoms with Gasteiger partial charge in [0.15, 0.2) is 0 Å². The summed E-state index contributed by atoms with van der Waals surface area (Å²) >= 11 is 0. The molecule has 0 aromatic heterocycles. The summed E-state index contributed by atoms with van der Waals surface area (Å²) in [6.07, 6.45) is -13.3. The molecule has 0 atom stereocenters. The molecule has 0 aliphatic heterocycles. The quantitative estimate of drug-likeness (QED) is 0.818. The second kappa shape index (κ2) is 5.16. The van der Waals surface area contributed by atoms with Crippen LogP contribution in [0, 0.1) is 11.3 Å². The number of nitriles is 1. The molecule has 10 heteroatoms. The maximum Gasteiger partial charge on any atom is 0.420 e.